The molecule has 80 valence electrons. The van der Waals surface area contributed by atoms with Gasteiger partial charge in [-0.15, -0.1) is 0 Å². The molecule has 0 aliphatic rings. The van der Waals surface area contributed by atoms with Crippen molar-refractivity contribution < 1.29 is 4.79 Å². The molecule has 5 nitrogen and oxygen atoms in total. The van der Waals surface area contributed by atoms with E-state index in [1.54, 1.807) is 30.3 Å². The number of benzene rings is 1. The van der Waals surface area contributed by atoms with Crippen molar-refractivity contribution in [2.45, 2.75) is 0 Å². The van der Waals surface area contributed by atoms with Crippen molar-refractivity contribution in [2.24, 2.45) is 0 Å². The molecule has 2 rings (SSSR count). The molecule has 0 atom stereocenters. The number of carbonyl (C=O) groups is 1. The van der Waals surface area contributed by atoms with E-state index in [-0.39, 0.29) is 11.4 Å². The summed E-state index contributed by atoms with van der Waals surface area (Å²) < 4.78 is 0. The van der Waals surface area contributed by atoms with Gasteiger partial charge in [-0.25, -0.2) is 0 Å². The van der Waals surface area contributed by atoms with Crippen LogP contribution in [0.1, 0.15) is 10.4 Å². The first kappa shape index (κ1) is 10.1. The average molecular weight is 216 g/mol. The second-order valence-corrected chi connectivity index (χ2v) is 3.27. The van der Waals surface area contributed by atoms with Gasteiger partial charge < -0.3 is 11.1 Å². The lowest BCUT2D eigenvalue weighted by Crippen LogP contribution is -2.38. The second kappa shape index (κ2) is 3.62. The van der Waals surface area contributed by atoms with Crippen LogP contribution in [0.3, 0.4) is 0 Å². The van der Waals surface area contributed by atoms with Gasteiger partial charge in [0.2, 0.25) is 0 Å². The quantitative estimate of drug-likeness (QED) is 0.697. The summed E-state index contributed by atoms with van der Waals surface area (Å²) in [5.74, 6) is -0.459. The number of hydrogen-bond acceptors (Lipinski definition) is 4. The number of amides is 1. The molecule has 2 aromatic carbocycles. The first-order valence-corrected chi connectivity index (χ1v) is 4.56. The van der Waals surface area contributed by atoms with Crippen molar-refractivity contribution in [3.63, 3.8) is 0 Å². The molecule has 0 fully saturated rings. The molecule has 16 heavy (non-hydrogen) atoms. The van der Waals surface area contributed by atoms with Gasteiger partial charge in [0.15, 0.2) is 0 Å². The van der Waals surface area contributed by atoms with Crippen LogP contribution in [-0.4, -0.2) is 5.91 Å². The minimum Gasteiger partial charge on any atom is -0.394 e. The predicted molar refractivity (Wildman–Crippen MR) is 60.2 cm³/mol. The Morgan fingerprint density at radius 1 is 1.06 bits per heavy atom. The fourth-order valence-corrected chi connectivity index (χ4v) is 1.31. The maximum atomic E-state index is 11.6. The van der Waals surface area contributed by atoms with Crippen LogP contribution >= 0.6 is 0 Å². The second-order valence-electron chi connectivity index (χ2n) is 3.27. The molecule has 0 saturated carbocycles. The van der Waals surface area contributed by atoms with Gasteiger partial charge in [0.25, 0.3) is 16.8 Å². The van der Waals surface area contributed by atoms with Gasteiger partial charge in [-0.3, -0.25) is 14.4 Å². The number of nitrogen functional groups attached to an aromatic ring is 1. The lowest BCUT2D eigenvalue weighted by molar-refractivity contribution is 0.102. The lowest BCUT2D eigenvalue weighted by Gasteiger charge is -2.08. The van der Waals surface area contributed by atoms with Crippen LogP contribution in [0.15, 0.2) is 39.9 Å². The van der Waals surface area contributed by atoms with Crippen LogP contribution < -0.4 is 21.9 Å². The average Bonchev–Trinajstić information content (AvgIpc) is 2.35. The molecule has 0 aliphatic heterocycles. The Kier molecular flexibility index (Phi) is 2.28. The molecular weight excluding hydrogens is 208 g/mol. The van der Waals surface area contributed by atoms with Gasteiger partial charge in [0.1, 0.15) is 11.4 Å². The fourth-order valence-electron chi connectivity index (χ4n) is 1.31. The van der Waals surface area contributed by atoms with E-state index in [2.05, 4.69) is 5.32 Å². The van der Waals surface area contributed by atoms with Gasteiger partial charge in [-0.05, 0) is 12.1 Å². The molecule has 0 radical (unpaired) electrons. The highest BCUT2D eigenvalue weighted by molar-refractivity contribution is 6.06. The summed E-state index contributed by atoms with van der Waals surface area (Å²) in [6.07, 6.45) is 0. The smallest absolute Gasteiger partial charge is 0.255 e. The third-order valence-electron chi connectivity index (χ3n) is 2.22. The summed E-state index contributed by atoms with van der Waals surface area (Å²) in [5.41, 5.74) is 3.88. The first-order valence-electron chi connectivity index (χ1n) is 4.56. The van der Waals surface area contributed by atoms with E-state index in [9.17, 15) is 14.4 Å². The van der Waals surface area contributed by atoms with Crippen molar-refractivity contribution in [3.8, 4) is 0 Å². The summed E-state index contributed by atoms with van der Waals surface area (Å²) in [4.78, 5) is 33.4. The van der Waals surface area contributed by atoms with E-state index in [1.807, 2.05) is 0 Å². The number of nitrogens with two attached hydrogens (primary N) is 1. The van der Waals surface area contributed by atoms with E-state index in [4.69, 9.17) is 5.73 Å². The van der Waals surface area contributed by atoms with Crippen LogP contribution in [0, 0.1) is 0 Å². The maximum absolute atomic E-state index is 11.6. The van der Waals surface area contributed by atoms with Gasteiger partial charge in [-0.2, -0.15) is 0 Å². The van der Waals surface area contributed by atoms with Crippen LogP contribution in [0.25, 0.3) is 0 Å². The van der Waals surface area contributed by atoms with Gasteiger partial charge in [0.05, 0.1) is 0 Å². The lowest BCUT2D eigenvalue weighted by atomic mass is 10.1. The molecule has 0 saturated heterocycles. The van der Waals surface area contributed by atoms with Crippen molar-refractivity contribution in [3.05, 3.63) is 56.3 Å². The molecule has 0 bridgehead atoms. The van der Waals surface area contributed by atoms with E-state index >= 15 is 0 Å². The molecule has 5 heteroatoms. The minimum atomic E-state index is -0.748. The normalized spacial score (nSPS) is 10.2. The molecule has 1 amide bonds. The third kappa shape index (κ3) is 1.48. The van der Waals surface area contributed by atoms with Crippen LogP contribution in [-0.2, 0) is 0 Å². The predicted octanol–water partition coefficient (Wildman–Crippen LogP) is 0.117. The Morgan fingerprint density at radius 2 is 1.69 bits per heavy atom. The highest BCUT2D eigenvalue weighted by atomic mass is 16.2. The summed E-state index contributed by atoms with van der Waals surface area (Å²) in [7, 11) is 0. The van der Waals surface area contributed by atoms with Crippen LogP contribution in [0.5, 0.6) is 0 Å². The van der Waals surface area contributed by atoms with E-state index in [1.165, 1.54) is 0 Å². The third-order valence-corrected chi connectivity index (χ3v) is 2.22. The number of nitrogens with one attached hydrogen (secondary N) is 1. The van der Waals surface area contributed by atoms with Crippen LogP contribution in [0.4, 0.5) is 11.4 Å². The molecule has 2 aromatic rings. The minimum absolute atomic E-state index is 0.112. The van der Waals surface area contributed by atoms with Crippen molar-refractivity contribution in [2.75, 3.05) is 11.1 Å². The Labute approximate surface area is 90.2 Å². The monoisotopic (exact) mass is 216 g/mol. The van der Waals surface area contributed by atoms with Crippen LogP contribution in [0.2, 0.25) is 0 Å². The molecule has 0 aliphatic carbocycles. The summed E-state index contributed by atoms with van der Waals surface area (Å²) >= 11 is 0. The van der Waals surface area contributed by atoms with Gasteiger partial charge in [-0.1, -0.05) is 18.2 Å². The largest absolute Gasteiger partial charge is 0.394 e. The van der Waals surface area contributed by atoms with Crippen molar-refractivity contribution in [1.82, 2.24) is 0 Å². The zero-order valence-corrected chi connectivity index (χ0v) is 8.19. The Hall–Kier alpha value is -2.43. The number of anilines is 2. The van der Waals surface area contributed by atoms with Gasteiger partial charge >= 0.3 is 0 Å². The topological polar surface area (TPSA) is 89.3 Å². The zero-order chi connectivity index (χ0) is 11.7. The maximum Gasteiger partial charge on any atom is 0.255 e. The van der Waals surface area contributed by atoms with Crippen molar-refractivity contribution >= 4 is 17.3 Å². The summed E-state index contributed by atoms with van der Waals surface area (Å²) in [6, 6.07) is 8.34. The molecule has 0 unspecified atom stereocenters. The van der Waals surface area contributed by atoms with E-state index in [0.717, 1.165) is 0 Å². The Balaban J connectivity index is 2.22. The first-order chi connectivity index (χ1) is 7.61. The van der Waals surface area contributed by atoms with Gasteiger partial charge in [0, 0.05) is 5.56 Å². The number of rotatable bonds is 2. The number of carbonyl (C=O) groups excluding carboxylic acids is 1. The van der Waals surface area contributed by atoms with E-state index < -0.39 is 16.8 Å². The molecule has 0 aromatic heterocycles. The van der Waals surface area contributed by atoms with Crippen molar-refractivity contribution in [1.29, 1.82) is 0 Å². The summed E-state index contributed by atoms with van der Waals surface area (Å²) in [6.45, 7) is 0. The highest BCUT2D eigenvalue weighted by Crippen LogP contribution is 2.11. The molecular formula is C11H8N2O3. The molecule has 0 spiro atoms. The zero-order valence-electron chi connectivity index (χ0n) is 8.19. The highest BCUT2D eigenvalue weighted by Gasteiger charge is 2.20. The number of hydrogen-bond donors (Lipinski definition) is 2. The standard InChI is InChI=1S/C11H8N2O3/c12-7-8(10(15)9(7)14)13-11(16)6-4-2-1-3-5-6/h1-5H,12H2,(H,13,16). The SMILES string of the molecule is Nc1c(NC(=O)c2ccccc2)c(=O)c1=O. The summed E-state index contributed by atoms with van der Waals surface area (Å²) in [5, 5.41) is 2.31. The molecule has 3 N–H and O–H groups in total. The fraction of sp³-hybridized carbons (Fsp3) is 0. The molecule has 0 heterocycles. The van der Waals surface area contributed by atoms with E-state index in [0.29, 0.717) is 5.56 Å². The Morgan fingerprint density at radius 3 is 2.25 bits per heavy atom. The Bertz CT molecular complexity index is 610.